The largest absolute Gasteiger partial charge is 0.585 e. The predicted octanol–water partition coefficient (Wildman–Crippen LogP) is 23.4. The molecule has 458 valence electrons. The van der Waals surface area contributed by atoms with Crippen molar-refractivity contribution >= 4 is 27.9 Å². The van der Waals surface area contributed by atoms with Gasteiger partial charge < -0.3 is 9.05 Å². The van der Waals surface area contributed by atoms with Crippen LogP contribution >= 0.6 is 27.9 Å². The summed E-state index contributed by atoms with van der Waals surface area (Å²) in [7, 11) is -10.2. The molecule has 2 aliphatic carbocycles. The second-order valence-electron chi connectivity index (χ2n) is 31.4. The molecule has 8 aromatic rings. The van der Waals surface area contributed by atoms with Crippen LogP contribution < -0.4 is 9.05 Å². The lowest BCUT2D eigenvalue weighted by Gasteiger charge is -2.45. The predicted molar refractivity (Wildman–Crippen MR) is 368 cm³/mol. The van der Waals surface area contributed by atoms with Gasteiger partial charge in [0.05, 0.1) is 0 Å². The third-order valence-corrected chi connectivity index (χ3v) is 27.5. The molecule has 1 aliphatic heterocycles. The summed E-state index contributed by atoms with van der Waals surface area (Å²) >= 11 is 0. The zero-order valence-corrected chi connectivity index (χ0v) is 58.1. The topological polar surface area (TPSA) is 55.8 Å². The maximum Gasteiger partial charge on any atom is 0.585 e. The Morgan fingerprint density at radius 1 is 0.322 bits per heavy atom. The molecule has 0 aromatic heterocycles. The van der Waals surface area contributed by atoms with Gasteiger partial charge in [-0.25, -0.2) is 4.57 Å². The van der Waals surface area contributed by atoms with E-state index in [0.717, 1.165) is 102 Å². The van der Waals surface area contributed by atoms with Crippen molar-refractivity contribution in [1.82, 2.24) is 0 Å². The molecule has 0 atom stereocenters. The quantitative estimate of drug-likeness (QED) is 0.154. The third-order valence-electron chi connectivity index (χ3n) is 18.9. The summed E-state index contributed by atoms with van der Waals surface area (Å²) in [6, 6.07) is 60.9. The van der Waals surface area contributed by atoms with E-state index in [9.17, 15) is 4.89 Å². The first-order chi connectivity index (χ1) is 40.6. The average Bonchev–Trinajstić information content (AvgIpc) is 1.68. The molecule has 0 amide bonds. The monoisotopic (exact) mass is 1220 g/mol. The van der Waals surface area contributed by atoms with Crippen molar-refractivity contribution in [3.8, 4) is 22.6 Å². The molecule has 0 bridgehead atoms. The molecule has 7 heteroatoms. The standard InChI is InChI=1S/C80H97O4PS2/c1-75(2,3)55-27-39-61(40-28-55)86(62-41-29-56(30-42-62)76(4,5)6,63-43-31-57(32-44-63)77(7,8)9)69-51-53-23-19-21-25-67(53)71-72-68-26-22-20-24-54(68)52-70(74(72)84-85(81,82)83-73(69)71)87(64-45-33-58(34-46-64)78(10,11)12,65-47-35-59(36-48-65)79(13,14)15)66-49-37-60(38-50-66)80(16,17)18/h27-52H,19-26H2,1-18H3,(H,81,82). The highest BCUT2D eigenvalue weighted by Gasteiger charge is 2.48. The number of fused-ring (bicyclic) bond motifs is 7. The van der Waals surface area contributed by atoms with Gasteiger partial charge >= 0.3 is 7.82 Å². The Morgan fingerprint density at radius 3 is 0.713 bits per heavy atom. The minimum Gasteiger partial charge on any atom is -0.393 e. The SMILES string of the molecule is CC(C)(C)c1ccc(S(c2ccc(C(C)(C)C)cc2)(c2ccc(C(C)(C)C)cc2)c2cc3c(c4c2OP(=O)(O)Oc2c(S(c5ccc(C(C)(C)C)cc5)(c5ccc(C(C)(C)C)cc5)c5ccc(C(C)(C)C)cc5)cc5c(c2-4)CCCC5)CCCC3)cc1. The maximum atomic E-state index is 16.4. The summed E-state index contributed by atoms with van der Waals surface area (Å²) in [6.45, 7) is 41.0. The second-order valence-corrected chi connectivity index (χ2v) is 38.8. The van der Waals surface area contributed by atoms with E-state index in [2.05, 4.69) is 282 Å². The zero-order valence-electron chi connectivity index (χ0n) is 55.6. The minimum atomic E-state index is -5.06. The molecule has 8 aromatic carbocycles. The number of phosphoric acid groups is 1. The first-order valence-corrected chi connectivity index (χ1v) is 36.8. The van der Waals surface area contributed by atoms with Crippen molar-refractivity contribution in [2.45, 2.75) is 248 Å². The maximum absolute atomic E-state index is 16.4. The molecule has 1 heterocycles. The van der Waals surface area contributed by atoms with Gasteiger partial charge in [-0.15, -0.1) is 20.1 Å². The highest BCUT2D eigenvalue weighted by Crippen LogP contribution is 2.81. The summed E-state index contributed by atoms with van der Waals surface area (Å²) in [5.74, 6) is 0.943. The summed E-state index contributed by atoms with van der Waals surface area (Å²) in [5, 5.41) is 0. The normalized spacial score (nSPS) is 16.1. The summed E-state index contributed by atoms with van der Waals surface area (Å²) in [5.41, 5.74) is 13.7. The molecular weight excluding hydrogens is 1120 g/mol. The van der Waals surface area contributed by atoms with Crippen LogP contribution in [-0.2, 0) is 62.7 Å². The Kier molecular flexibility index (Phi) is 16.1. The van der Waals surface area contributed by atoms with Crippen molar-refractivity contribution in [3.05, 3.63) is 213 Å². The third kappa shape index (κ3) is 11.6. The van der Waals surface area contributed by atoms with Crippen LogP contribution in [0.5, 0.6) is 11.5 Å². The first-order valence-electron chi connectivity index (χ1n) is 32.0. The Balaban J connectivity index is 1.35. The number of hydrogen-bond donors (Lipinski definition) is 1. The lowest BCUT2D eigenvalue weighted by atomic mass is 9.80. The molecule has 11 rings (SSSR count). The number of aryl methyl sites for hydroxylation is 2. The summed E-state index contributed by atoms with van der Waals surface area (Å²) in [6.07, 6.45) is 7.47. The van der Waals surface area contributed by atoms with Crippen LogP contribution in [0.3, 0.4) is 0 Å². The molecule has 0 unspecified atom stereocenters. The van der Waals surface area contributed by atoms with Crippen molar-refractivity contribution in [2.24, 2.45) is 0 Å². The lowest BCUT2D eigenvalue weighted by molar-refractivity contribution is 0.290. The van der Waals surface area contributed by atoms with Crippen molar-refractivity contribution < 1.29 is 18.5 Å². The molecule has 87 heavy (non-hydrogen) atoms. The van der Waals surface area contributed by atoms with E-state index < -0.39 is 27.9 Å². The minimum absolute atomic E-state index is 0.0955. The van der Waals surface area contributed by atoms with Crippen molar-refractivity contribution in [1.29, 1.82) is 0 Å². The number of hydrogen-bond acceptors (Lipinski definition) is 3. The van der Waals surface area contributed by atoms with Crippen molar-refractivity contribution in [3.63, 3.8) is 0 Å². The van der Waals surface area contributed by atoms with Crippen LogP contribution in [0.15, 0.2) is 197 Å². The van der Waals surface area contributed by atoms with Crippen LogP contribution in [0, 0.1) is 0 Å². The molecule has 0 fully saturated rings. The molecule has 3 aliphatic rings. The molecule has 0 saturated carbocycles. The van der Waals surface area contributed by atoms with Crippen LogP contribution in [0.2, 0.25) is 0 Å². The van der Waals surface area contributed by atoms with E-state index in [4.69, 9.17) is 9.05 Å². The van der Waals surface area contributed by atoms with E-state index in [1.54, 1.807) is 0 Å². The number of rotatable bonds is 8. The molecule has 0 spiro atoms. The molecule has 1 N–H and O–H groups in total. The first kappa shape index (κ1) is 62.8. The van der Waals surface area contributed by atoms with Gasteiger partial charge in [0.25, 0.3) is 0 Å². The van der Waals surface area contributed by atoms with E-state index in [0.29, 0.717) is 11.5 Å². The molecule has 4 nitrogen and oxygen atoms in total. The number of phosphoric ester groups is 1. The molecular formula is C80H97O4PS2. The fourth-order valence-corrected chi connectivity index (χ4v) is 22.6. The van der Waals surface area contributed by atoms with Crippen LogP contribution in [0.1, 0.15) is 206 Å². The summed E-state index contributed by atoms with van der Waals surface area (Å²) < 4.78 is 30.9. The van der Waals surface area contributed by atoms with Gasteiger partial charge in [-0.1, -0.05) is 197 Å². The zero-order chi connectivity index (χ0) is 62.7. The smallest absolute Gasteiger partial charge is 0.393 e. The Labute approximate surface area is 526 Å². The van der Waals surface area contributed by atoms with Gasteiger partial charge in [-0.3, -0.25) is 4.89 Å². The Bertz CT molecular complexity index is 3370. The average molecular weight is 1220 g/mol. The van der Waals surface area contributed by atoms with E-state index in [1.807, 2.05) is 0 Å². The number of benzene rings is 8. The van der Waals surface area contributed by atoms with Gasteiger partial charge in [-0.05, 0) is 224 Å². The highest BCUT2D eigenvalue weighted by atomic mass is 32.3. The van der Waals surface area contributed by atoms with Crippen LogP contribution in [-0.4, -0.2) is 4.89 Å². The van der Waals surface area contributed by atoms with Gasteiger partial charge in [-0.2, -0.15) is 0 Å². The highest BCUT2D eigenvalue weighted by molar-refractivity contribution is 8.34. The Hall–Kier alpha value is -5.75. The van der Waals surface area contributed by atoms with Crippen molar-refractivity contribution in [2.75, 3.05) is 0 Å². The fraction of sp³-hybridized carbons (Fsp3) is 0.400. The second kappa shape index (κ2) is 22.3. The summed E-state index contributed by atoms with van der Waals surface area (Å²) in [4.78, 5) is 22.0. The van der Waals surface area contributed by atoms with Crippen LogP contribution in [0.4, 0.5) is 0 Å². The van der Waals surface area contributed by atoms with E-state index >= 15 is 4.57 Å². The van der Waals surface area contributed by atoms with E-state index in [1.165, 1.54) is 55.6 Å². The van der Waals surface area contributed by atoms with Gasteiger partial charge in [0.1, 0.15) is 0 Å². The molecule has 0 saturated heterocycles. The van der Waals surface area contributed by atoms with Gasteiger partial charge in [0.15, 0.2) is 11.5 Å². The van der Waals surface area contributed by atoms with Gasteiger partial charge in [0, 0.05) is 50.3 Å². The Morgan fingerprint density at radius 2 is 0.517 bits per heavy atom. The molecule has 0 radical (unpaired) electrons. The fourth-order valence-electron chi connectivity index (χ4n) is 13.7. The van der Waals surface area contributed by atoms with E-state index in [-0.39, 0.29) is 32.5 Å². The van der Waals surface area contributed by atoms with Gasteiger partial charge in [0.2, 0.25) is 0 Å². The lowest BCUT2D eigenvalue weighted by Crippen LogP contribution is -2.16. The van der Waals surface area contributed by atoms with Crippen LogP contribution in [0.25, 0.3) is 11.1 Å².